The molecule has 0 bridgehead atoms. The average molecular weight is 587 g/mol. The molecule has 0 unspecified atom stereocenters. The van der Waals surface area contributed by atoms with Gasteiger partial charge < -0.3 is 29.5 Å². The molecule has 228 valence electrons. The molecule has 1 fully saturated rings. The zero-order valence-corrected chi connectivity index (χ0v) is 23.5. The minimum absolute atomic E-state index is 0.115. The Bertz CT molecular complexity index is 1130. The summed E-state index contributed by atoms with van der Waals surface area (Å²) in [4.78, 5) is 41.6. The normalized spacial score (nSPS) is 20.1. The molecule has 0 aromatic heterocycles. The number of benzene rings is 1. The van der Waals surface area contributed by atoms with E-state index in [0.29, 0.717) is 31.4 Å². The molecule has 1 atom stereocenters. The Kier molecular flexibility index (Phi) is 10.5. The van der Waals surface area contributed by atoms with Crippen molar-refractivity contribution in [2.24, 2.45) is 4.99 Å². The zero-order chi connectivity index (χ0) is 30.4. The molecule has 1 aliphatic heterocycles. The average Bonchev–Trinajstić information content (AvgIpc) is 3.29. The third-order valence-corrected chi connectivity index (χ3v) is 6.37. The SMILES string of the molecule is CCOC(=O)[C@H](O)COc1ccc2c(c1)CN(C(=NC1CCC(NC(=O)OC(C)(C)C)CC1)NC(=O)C(F)(F)F)C2. The standard InChI is InChI=1S/C27H37F3N4O7/c1-5-39-22(36)21(35)15-40-20-11-6-16-13-34(14-17(16)12-20)24(33-23(37)27(28,29)30)31-18-7-9-19(10-8-18)32-25(38)41-26(2,3)4/h6,11-12,18-19,21,35H,5,7-10,13-15H2,1-4H3,(H,32,38)(H,31,33,37)/t18?,19?,21-/m1/s1. The maximum atomic E-state index is 13.1. The molecule has 2 amide bonds. The van der Waals surface area contributed by atoms with Crippen LogP contribution < -0.4 is 15.4 Å². The first-order chi connectivity index (χ1) is 19.1. The highest BCUT2D eigenvalue weighted by molar-refractivity contribution is 5.99. The summed E-state index contributed by atoms with van der Waals surface area (Å²) in [6, 6.07) is 4.48. The summed E-state index contributed by atoms with van der Waals surface area (Å²) in [7, 11) is 0. The number of carbonyl (C=O) groups excluding carboxylic acids is 3. The molecule has 1 aromatic carbocycles. The van der Waals surface area contributed by atoms with Crippen molar-refractivity contribution in [2.45, 2.75) is 96.4 Å². The number of ether oxygens (including phenoxy) is 3. The van der Waals surface area contributed by atoms with Gasteiger partial charge in [0.25, 0.3) is 0 Å². The van der Waals surface area contributed by atoms with Gasteiger partial charge in [-0.05, 0) is 76.6 Å². The van der Waals surface area contributed by atoms with Crippen LogP contribution in [0.1, 0.15) is 64.5 Å². The Morgan fingerprint density at radius 1 is 1.10 bits per heavy atom. The number of hydrogen-bond acceptors (Lipinski definition) is 8. The largest absolute Gasteiger partial charge is 0.490 e. The minimum atomic E-state index is -5.09. The second-order valence-corrected chi connectivity index (χ2v) is 10.9. The highest BCUT2D eigenvalue weighted by atomic mass is 19.4. The van der Waals surface area contributed by atoms with Crippen molar-refractivity contribution in [2.75, 3.05) is 13.2 Å². The minimum Gasteiger partial charge on any atom is -0.490 e. The third kappa shape index (κ3) is 9.80. The Balaban J connectivity index is 1.66. The maximum Gasteiger partial charge on any atom is 0.471 e. The van der Waals surface area contributed by atoms with Crippen molar-refractivity contribution >= 4 is 23.9 Å². The molecule has 2 aliphatic rings. The summed E-state index contributed by atoms with van der Waals surface area (Å²) < 4.78 is 54.9. The number of hydrogen-bond donors (Lipinski definition) is 3. The molecule has 1 aliphatic carbocycles. The van der Waals surface area contributed by atoms with Crippen molar-refractivity contribution in [3.63, 3.8) is 0 Å². The van der Waals surface area contributed by atoms with E-state index in [0.717, 1.165) is 11.1 Å². The number of amides is 2. The van der Waals surface area contributed by atoms with Gasteiger partial charge in [-0.1, -0.05) is 6.07 Å². The number of halogens is 3. The fourth-order valence-electron chi connectivity index (χ4n) is 4.45. The molecular weight excluding hydrogens is 549 g/mol. The summed E-state index contributed by atoms with van der Waals surface area (Å²) >= 11 is 0. The number of esters is 1. The summed E-state index contributed by atoms with van der Waals surface area (Å²) in [5.74, 6) is -2.77. The molecule has 0 saturated heterocycles. The second-order valence-electron chi connectivity index (χ2n) is 10.9. The van der Waals surface area contributed by atoms with E-state index in [9.17, 15) is 32.7 Å². The molecule has 1 aromatic rings. The van der Waals surface area contributed by atoms with E-state index in [1.165, 1.54) is 4.90 Å². The van der Waals surface area contributed by atoms with Crippen LogP contribution in [0.25, 0.3) is 0 Å². The van der Waals surface area contributed by atoms with Gasteiger partial charge in [-0.2, -0.15) is 13.2 Å². The fraction of sp³-hybridized carbons (Fsp3) is 0.630. The van der Waals surface area contributed by atoms with Crippen molar-refractivity contribution in [1.82, 2.24) is 15.5 Å². The van der Waals surface area contributed by atoms with Crippen molar-refractivity contribution < 1.29 is 46.9 Å². The Morgan fingerprint density at radius 3 is 2.37 bits per heavy atom. The van der Waals surface area contributed by atoms with E-state index in [1.807, 2.05) is 5.32 Å². The molecule has 3 N–H and O–H groups in total. The number of guanidine groups is 1. The number of aliphatic imine (C=N–C) groups is 1. The predicted octanol–water partition coefficient (Wildman–Crippen LogP) is 3.18. The van der Waals surface area contributed by atoms with Gasteiger partial charge in [0.05, 0.1) is 12.6 Å². The van der Waals surface area contributed by atoms with Crippen LogP contribution in [0.5, 0.6) is 5.75 Å². The quantitative estimate of drug-likeness (QED) is 0.252. The molecule has 3 rings (SSSR count). The van der Waals surface area contributed by atoms with Gasteiger partial charge in [0, 0.05) is 19.1 Å². The monoisotopic (exact) mass is 586 g/mol. The number of carbonyl (C=O) groups is 3. The lowest BCUT2D eigenvalue weighted by molar-refractivity contribution is -0.172. The van der Waals surface area contributed by atoms with Gasteiger partial charge in [-0.25, -0.2) is 14.6 Å². The van der Waals surface area contributed by atoms with Crippen LogP contribution >= 0.6 is 0 Å². The van der Waals surface area contributed by atoms with E-state index in [4.69, 9.17) is 14.2 Å². The van der Waals surface area contributed by atoms with Gasteiger partial charge in [-0.3, -0.25) is 10.1 Å². The Hall–Kier alpha value is -3.55. The summed E-state index contributed by atoms with van der Waals surface area (Å²) in [5, 5.41) is 14.6. The second kappa shape index (κ2) is 13.4. The molecule has 41 heavy (non-hydrogen) atoms. The number of alkyl halides is 3. The lowest BCUT2D eigenvalue weighted by Crippen LogP contribution is -2.48. The van der Waals surface area contributed by atoms with Crippen LogP contribution in [0.15, 0.2) is 23.2 Å². The highest BCUT2D eigenvalue weighted by Crippen LogP contribution is 2.29. The number of fused-ring (bicyclic) bond motifs is 1. The highest BCUT2D eigenvalue weighted by Gasteiger charge is 2.40. The molecule has 14 heteroatoms. The lowest BCUT2D eigenvalue weighted by Gasteiger charge is -2.30. The molecule has 0 radical (unpaired) electrons. The van der Waals surface area contributed by atoms with E-state index in [2.05, 4.69) is 10.3 Å². The van der Waals surface area contributed by atoms with Gasteiger partial charge >= 0.3 is 24.1 Å². The predicted molar refractivity (Wildman–Crippen MR) is 141 cm³/mol. The molecule has 1 heterocycles. The summed E-state index contributed by atoms with van der Waals surface area (Å²) in [6.45, 7) is 7.03. The van der Waals surface area contributed by atoms with Crippen LogP contribution in [-0.4, -0.2) is 77.1 Å². The van der Waals surface area contributed by atoms with Crippen LogP contribution in [0.3, 0.4) is 0 Å². The Labute approximate surface area is 236 Å². The van der Waals surface area contributed by atoms with E-state index in [-0.39, 0.29) is 44.3 Å². The van der Waals surface area contributed by atoms with Gasteiger partial charge in [0.2, 0.25) is 5.96 Å². The van der Waals surface area contributed by atoms with Gasteiger partial charge in [-0.15, -0.1) is 0 Å². The van der Waals surface area contributed by atoms with Crippen molar-refractivity contribution in [1.29, 1.82) is 0 Å². The number of aliphatic hydroxyl groups excluding tert-OH is 1. The first-order valence-electron chi connectivity index (χ1n) is 13.4. The Morgan fingerprint density at radius 2 is 1.76 bits per heavy atom. The lowest BCUT2D eigenvalue weighted by atomic mass is 9.91. The molecule has 0 spiro atoms. The van der Waals surface area contributed by atoms with Crippen molar-refractivity contribution in [3.05, 3.63) is 29.3 Å². The van der Waals surface area contributed by atoms with E-state index < -0.39 is 35.9 Å². The number of rotatable bonds is 7. The maximum absolute atomic E-state index is 13.1. The number of nitrogens with zero attached hydrogens (tertiary/aromatic N) is 2. The molecule has 1 saturated carbocycles. The van der Waals surface area contributed by atoms with Crippen LogP contribution in [0.2, 0.25) is 0 Å². The number of nitrogens with one attached hydrogen (secondary N) is 2. The first-order valence-corrected chi connectivity index (χ1v) is 13.4. The molecule has 11 nitrogen and oxygen atoms in total. The summed E-state index contributed by atoms with van der Waals surface area (Å²) in [6.07, 6.45) is -5.01. The number of alkyl carbamates (subject to hydrolysis) is 1. The first kappa shape index (κ1) is 32.0. The fourth-order valence-corrected chi connectivity index (χ4v) is 4.45. The van der Waals surface area contributed by atoms with E-state index in [1.54, 1.807) is 45.9 Å². The van der Waals surface area contributed by atoms with E-state index >= 15 is 0 Å². The van der Waals surface area contributed by atoms with Gasteiger partial charge in [0.15, 0.2) is 6.10 Å². The van der Waals surface area contributed by atoms with Crippen LogP contribution in [0.4, 0.5) is 18.0 Å². The zero-order valence-electron chi connectivity index (χ0n) is 23.5. The summed E-state index contributed by atoms with van der Waals surface area (Å²) in [5.41, 5.74) is 0.885. The van der Waals surface area contributed by atoms with Gasteiger partial charge in [0.1, 0.15) is 18.0 Å². The number of aliphatic hydroxyl groups is 1. The van der Waals surface area contributed by atoms with Crippen LogP contribution in [0, 0.1) is 0 Å². The smallest absolute Gasteiger partial charge is 0.471 e. The topological polar surface area (TPSA) is 139 Å². The van der Waals surface area contributed by atoms with Crippen LogP contribution in [-0.2, 0) is 32.2 Å². The van der Waals surface area contributed by atoms with Crippen molar-refractivity contribution in [3.8, 4) is 5.75 Å². The molecular formula is C27H37F3N4O7. The third-order valence-electron chi connectivity index (χ3n) is 6.37.